The van der Waals surface area contributed by atoms with Crippen LogP contribution in [0.15, 0.2) is 24.3 Å². The number of halogens is 1. The van der Waals surface area contributed by atoms with Crippen molar-refractivity contribution >= 4 is 33.0 Å². The number of hydrogen-bond donors (Lipinski definition) is 1. The fourth-order valence-corrected chi connectivity index (χ4v) is 2.56. The largest absolute Gasteiger partial charge is 0.283 e. The van der Waals surface area contributed by atoms with Crippen molar-refractivity contribution in [1.82, 2.24) is 0 Å². The Morgan fingerprint density at radius 3 is 2.71 bits per heavy atom. The summed E-state index contributed by atoms with van der Waals surface area (Å²) in [5.74, 6) is 0.134. The zero-order valence-electron chi connectivity index (χ0n) is 8.80. The van der Waals surface area contributed by atoms with Crippen molar-refractivity contribution in [2.45, 2.75) is 6.42 Å². The number of nitro benzene ring substituents is 1. The van der Waals surface area contributed by atoms with E-state index in [1.807, 2.05) is 0 Å². The summed E-state index contributed by atoms with van der Waals surface area (Å²) < 4.78 is 25.3. The number of nitrogens with zero attached hydrogens (tertiary/aromatic N) is 1. The fourth-order valence-electron chi connectivity index (χ4n) is 1.16. The van der Waals surface area contributed by atoms with Gasteiger partial charge in [-0.3, -0.25) is 14.8 Å². The molecule has 6 nitrogen and oxygen atoms in total. The lowest BCUT2D eigenvalue weighted by atomic mass is 10.3. The van der Waals surface area contributed by atoms with Crippen LogP contribution in [0, 0.1) is 10.1 Å². The highest BCUT2D eigenvalue weighted by Crippen LogP contribution is 2.18. The van der Waals surface area contributed by atoms with E-state index in [1.165, 1.54) is 18.2 Å². The highest BCUT2D eigenvalue weighted by molar-refractivity contribution is 7.92. The molecule has 0 unspecified atom stereocenters. The molecule has 0 saturated heterocycles. The number of nitrogens with one attached hydrogen (secondary N) is 1. The predicted molar refractivity (Wildman–Crippen MR) is 65.8 cm³/mol. The molecule has 0 heterocycles. The molecule has 94 valence electrons. The van der Waals surface area contributed by atoms with Crippen molar-refractivity contribution in [3.05, 3.63) is 34.4 Å². The van der Waals surface area contributed by atoms with Crippen molar-refractivity contribution < 1.29 is 13.3 Å². The SMILES string of the molecule is O=[N+]([O-])c1cccc(NS(=O)(=O)CCCCl)c1. The molecule has 0 bridgehead atoms. The normalized spacial score (nSPS) is 11.1. The average molecular weight is 279 g/mol. The van der Waals surface area contributed by atoms with E-state index in [1.54, 1.807) is 0 Å². The first-order valence-corrected chi connectivity index (χ1v) is 6.94. The lowest BCUT2D eigenvalue weighted by Crippen LogP contribution is -2.17. The Morgan fingerprint density at radius 2 is 2.12 bits per heavy atom. The van der Waals surface area contributed by atoms with Gasteiger partial charge in [0, 0.05) is 18.0 Å². The molecule has 1 aromatic carbocycles. The van der Waals surface area contributed by atoms with Crippen LogP contribution >= 0.6 is 11.6 Å². The molecule has 0 aliphatic carbocycles. The van der Waals surface area contributed by atoms with Crippen LogP contribution in [0.3, 0.4) is 0 Å². The summed E-state index contributed by atoms with van der Waals surface area (Å²) in [7, 11) is -3.50. The van der Waals surface area contributed by atoms with Crippen molar-refractivity contribution in [2.24, 2.45) is 0 Å². The quantitative estimate of drug-likeness (QED) is 0.489. The highest BCUT2D eigenvalue weighted by Gasteiger charge is 2.12. The van der Waals surface area contributed by atoms with Gasteiger partial charge in [-0.1, -0.05) is 6.07 Å². The zero-order valence-corrected chi connectivity index (χ0v) is 10.4. The smallest absolute Gasteiger partial charge is 0.271 e. The number of sulfonamides is 1. The van der Waals surface area contributed by atoms with Gasteiger partial charge in [-0.25, -0.2) is 8.42 Å². The van der Waals surface area contributed by atoms with Gasteiger partial charge in [0.05, 0.1) is 16.4 Å². The first-order valence-electron chi connectivity index (χ1n) is 4.75. The highest BCUT2D eigenvalue weighted by atomic mass is 35.5. The number of hydrogen-bond acceptors (Lipinski definition) is 4. The molecule has 0 atom stereocenters. The maximum atomic E-state index is 11.5. The predicted octanol–water partition coefficient (Wildman–Crippen LogP) is 1.97. The fraction of sp³-hybridized carbons (Fsp3) is 0.333. The number of rotatable bonds is 6. The van der Waals surface area contributed by atoms with E-state index < -0.39 is 14.9 Å². The molecule has 17 heavy (non-hydrogen) atoms. The van der Waals surface area contributed by atoms with Gasteiger partial charge in [0.1, 0.15) is 0 Å². The maximum absolute atomic E-state index is 11.5. The van der Waals surface area contributed by atoms with Crippen LogP contribution in [0.5, 0.6) is 0 Å². The van der Waals surface area contributed by atoms with E-state index in [0.29, 0.717) is 6.42 Å². The second kappa shape index (κ2) is 5.83. The van der Waals surface area contributed by atoms with E-state index in [0.717, 1.165) is 6.07 Å². The number of alkyl halides is 1. The Hall–Kier alpha value is -1.34. The number of non-ortho nitro benzene ring substituents is 1. The molecule has 1 aromatic rings. The second-order valence-electron chi connectivity index (χ2n) is 3.27. The lowest BCUT2D eigenvalue weighted by Gasteiger charge is -2.06. The van der Waals surface area contributed by atoms with E-state index in [4.69, 9.17) is 11.6 Å². The van der Waals surface area contributed by atoms with Crippen LogP contribution < -0.4 is 4.72 Å². The summed E-state index contributed by atoms with van der Waals surface area (Å²) in [4.78, 5) is 9.91. The van der Waals surface area contributed by atoms with Crippen LogP contribution in [0.1, 0.15) is 6.42 Å². The van der Waals surface area contributed by atoms with E-state index in [9.17, 15) is 18.5 Å². The van der Waals surface area contributed by atoms with Crippen LogP contribution in [0.2, 0.25) is 0 Å². The summed E-state index contributed by atoms with van der Waals surface area (Å²) >= 11 is 5.40. The molecule has 0 aliphatic heterocycles. The Bertz CT molecular complexity index is 503. The number of anilines is 1. The van der Waals surface area contributed by atoms with Gasteiger partial charge >= 0.3 is 0 Å². The second-order valence-corrected chi connectivity index (χ2v) is 5.49. The van der Waals surface area contributed by atoms with Gasteiger partial charge in [0.2, 0.25) is 10.0 Å². The van der Waals surface area contributed by atoms with Crippen molar-refractivity contribution in [2.75, 3.05) is 16.4 Å². The minimum absolute atomic E-state index is 0.112. The summed E-state index contributed by atoms with van der Waals surface area (Å²) in [6, 6.07) is 5.32. The van der Waals surface area contributed by atoms with E-state index in [2.05, 4.69) is 4.72 Å². The molecule has 0 amide bonds. The zero-order chi connectivity index (χ0) is 12.9. The van der Waals surface area contributed by atoms with Gasteiger partial charge in [-0.2, -0.15) is 0 Å². The molecular formula is C9H11ClN2O4S. The van der Waals surface area contributed by atoms with Crippen LogP contribution in [0.25, 0.3) is 0 Å². The minimum Gasteiger partial charge on any atom is -0.283 e. The van der Waals surface area contributed by atoms with Crippen LogP contribution in [0.4, 0.5) is 11.4 Å². The molecule has 0 aliphatic rings. The Labute approximate surface area is 104 Å². The van der Waals surface area contributed by atoms with Gasteiger partial charge in [-0.05, 0) is 12.5 Å². The molecule has 8 heteroatoms. The van der Waals surface area contributed by atoms with Gasteiger partial charge < -0.3 is 0 Å². The molecule has 1 N–H and O–H groups in total. The number of nitro groups is 1. The molecule has 1 rings (SSSR count). The third-order valence-electron chi connectivity index (χ3n) is 1.88. The molecule has 0 radical (unpaired) electrons. The number of benzene rings is 1. The molecule has 0 saturated carbocycles. The van der Waals surface area contributed by atoms with Gasteiger partial charge in [0.25, 0.3) is 5.69 Å². The van der Waals surface area contributed by atoms with Gasteiger partial charge in [0.15, 0.2) is 0 Å². The van der Waals surface area contributed by atoms with E-state index in [-0.39, 0.29) is 23.0 Å². The monoisotopic (exact) mass is 278 g/mol. The van der Waals surface area contributed by atoms with Crippen LogP contribution in [-0.4, -0.2) is 25.0 Å². The van der Waals surface area contributed by atoms with Gasteiger partial charge in [-0.15, -0.1) is 11.6 Å². The average Bonchev–Trinajstić information content (AvgIpc) is 2.26. The molecule has 0 aromatic heterocycles. The standard InChI is InChI=1S/C9H11ClN2O4S/c10-5-2-6-17(15,16)11-8-3-1-4-9(7-8)12(13)14/h1,3-4,7,11H,2,5-6H2. The molecule has 0 spiro atoms. The summed E-state index contributed by atoms with van der Waals surface area (Å²) in [6.45, 7) is 0. The van der Waals surface area contributed by atoms with Crippen molar-refractivity contribution in [3.8, 4) is 0 Å². The Balaban J connectivity index is 2.81. The molecular weight excluding hydrogens is 268 g/mol. The van der Waals surface area contributed by atoms with Crippen molar-refractivity contribution in [1.29, 1.82) is 0 Å². The van der Waals surface area contributed by atoms with Crippen molar-refractivity contribution in [3.63, 3.8) is 0 Å². The Kier molecular flexibility index (Phi) is 4.71. The summed E-state index contributed by atoms with van der Waals surface area (Å²) in [5, 5.41) is 10.5. The maximum Gasteiger partial charge on any atom is 0.271 e. The molecule has 0 fully saturated rings. The Morgan fingerprint density at radius 1 is 1.41 bits per heavy atom. The first-order chi connectivity index (χ1) is 7.94. The van der Waals surface area contributed by atoms with E-state index >= 15 is 0 Å². The topological polar surface area (TPSA) is 89.3 Å². The summed E-state index contributed by atoms with van der Waals surface area (Å²) in [5.41, 5.74) is 0.0105. The minimum atomic E-state index is -3.50. The summed E-state index contributed by atoms with van der Waals surface area (Å²) in [6.07, 6.45) is 0.325. The third-order valence-corrected chi connectivity index (χ3v) is 3.52. The van der Waals surface area contributed by atoms with Crippen LogP contribution in [-0.2, 0) is 10.0 Å². The lowest BCUT2D eigenvalue weighted by molar-refractivity contribution is -0.384. The third kappa shape index (κ3) is 4.58. The first kappa shape index (κ1) is 13.7.